The van der Waals surface area contributed by atoms with E-state index in [-0.39, 0.29) is 17.0 Å². The number of allylic oxidation sites excluding steroid dienone is 3. The summed E-state index contributed by atoms with van der Waals surface area (Å²) in [6, 6.07) is 0. The number of aliphatic hydroxyl groups is 1. The number of hydrogen-bond acceptors (Lipinski definition) is 2. The molecule has 1 rings (SSSR count). The molecule has 0 radical (unpaired) electrons. The minimum absolute atomic E-state index is 0.00116. The van der Waals surface area contributed by atoms with E-state index in [9.17, 15) is 9.90 Å². The van der Waals surface area contributed by atoms with Crippen LogP contribution in [0, 0.1) is 5.41 Å². The maximum atomic E-state index is 11.4. The van der Waals surface area contributed by atoms with Gasteiger partial charge in [0.05, 0.1) is 5.57 Å². The summed E-state index contributed by atoms with van der Waals surface area (Å²) in [4.78, 5) is 11.4. The molecule has 66 valence electrons. The first-order valence-corrected chi connectivity index (χ1v) is 4.04. The van der Waals surface area contributed by atoms with Crippen molar-refractivity contribution in [2.45, 2.75) is 26.7 Å². The Morgan fingerprint density at radius 1 is 1.50 bits per heavy atom. The average molecular weight is 166 g/mol. The van der Waals surface area contributed by atoms with E-state index in [1.165, 1.54) is 6.08 Å². The van der Waals surface area contributed by atoms with Gasteiger partial charge in [0.25, 0.3) is 0 Å². The summed E-state index contributed by atoms with van der Waals surface area (Å²) in [7, 11) is 0. The molecular formula is C10H14O2. The zero-order chi connectivity index (χ0) is 9.35. The maximum Gasteiger partial charge on any atom is 0.166 e. The molecule has 0 aromatic carbocycles. The molecule has 0 atom stereocenters. The molecule has 0 amide bonds. The van der Waals surface area contributed by atoms with Gasteiger partial charge in [0.1, 0.15) is 5.76 Å². The molecule has 0 aliphatic heterocycles. The van der Waals surface area contributed by atoms with Crippen molar-refractivity contribution < 1.29 is 9.90 Å². The Hall–Kier alpha value is -1.05. The molecule has 0 spiro atoms. The third kappa shape index (κ3) is 1.58. The normalized spacial score (nSPS) is 22.7. The van der Waals surface area contributed by atoms with Gasteiger partial charge < -0.3 is 5.11 Å². The predicted molar refractivity (Wildman–Crippen MR) is 47.9 cm³/mol. The SMILES string of the molecule is C=CC1=C(O)CC(C)(C)CC1=O. The fourth-order valence-corrected chi connectivity index (χ4v) is 1.53. The lowest BCUT2D eigenvalue weighted by atomic mass is 9.76. The first-order valence-electron chi connectivity index (χ1n) is 4.04. The lowest BCUT2D eigenvalue weighted by molar-refractivity contribution is -0.118. The molecule has 2 heteroatoms. The average Bonchev–Trinajstić information content (AvgIpc) is 1.82. The summed E-state index contributed by atoms with van der Waals surface area (Å²) < 4.78 is 0. The lowest BCUT2D eigenvalue weighted by Crippen LogP contribution is -2.24. The highest BCUT2D eigenvalue weighted by atomic mass is 16.3. The zero-order valence-electron chi connectivity index (χ0n) is 7.55. The van der Waals surface area contributed by atoms with Gasteiger partial charge in [0.2, 0.25) is 0 Å². The fourth-order valence-electron chi connectivity index (χ4n) is 1.53. The monoisotopic (exact) mass is 166 g/mol. The molecule has 0 aromatic rings. The number of aliphatic hydroxyl groups excluding tert-OH is 1. The van der Waals surface area contributed by atoms with Crippen molar-refractivity contribution in [1.82, 2.24) is 0 Å². The van der Waals surface area contributed by atoms with Gasteiger partial charge in [-0.25, -0.2) is 0 Å². The number of ketones is 1. The van der Waals surface area contributed by atoms with Crippen LogP contribution in [0.25, 0.3) is 0 Å². The van der Waals surface area contributed by atoms with Crippen LogP contribution in [0.3, 0.4) is 0 Å². The van der Waals surface area contributed by atoms with E-state index in [2.05, 4.69) is 6.58 Å². The quantitative estimate of drug-likeness (QED) is 0.649. The number of Topliss-reactive ketones (excluding diaryl/α,β-unsaturated/α-hetero) is 1. The molecule has 2 nitrogen and oxygen atoms in total. The van der Waals surface area contributed by atoms with Crippen LogP contribution in [0.2, 0.25) is 0 Å². The van der Waals surface area contributed by atoms with E-state index in [0.29, 0.717) is 18.4 Å². The van der Waals surface area contributed by atoms with Crippen molar-refractivity contribution in [1.29, 1.82) is 0 Å². The summed E-state index contributed by atoms with van der Waals surface area (Å²) >= 11 is 0. The number of rotatable bonds is 1. The van der Waals surface area contributed by atoms with Gasteiger partial charge in [-0.3, -0.25) is 4.79 Å². The van der Waals surface area contributed by atoms with Crippen LogP contribution >= 0.6 is 0 Å². The van der Waals surface area contributed by atoms with Crippen LogP contribution in [-0.2, 0) is 4.79 Å². The molecule has 0 bridgehead atoms. The highest BCUT2D eigenvalue weighted by molar-refractivity contribution is 5.99. The van der Waals surface area contributed by atoms with Crippen molar-refractivity contribution >= 4 is 5.78 Å². The zero-order valence-corrected chi connectivity index (χ0v) is 7.55. The maximum absolute atomic E-state index is 11.4. The molecule has 1 aliphatic carbocycles. The summed E-state index contributed by atoms with van der Waals surface area (Å²) in [5.41, 5.74) is 0.294. The minimum atomic E-state index is -0.103. The standard InChI is InChI=1S/C10H14O2/c1-4-7-8(11)5-10(2,3)6-9(7)12/h4,11H,1,5-6H2,2-3H3. The van der Waals surface area contributed by atoms with E-state index in [0.717, 1.165) is 0 Å². The van der Waals surface area contributed by atoms with Crippen LogP contribution < -0.4 is 0 Å². The van der Waals surface area contributed by atoms with Gasteiger partial charge in [0.15, 0.2) is 5.78 Å². The van der Waals surface area contributed by atoms with Crippen LogP contribution in [0.4, 0.5) is 0 Å². The van der Waals surface area contributed by atoms with Crippen LogP contribution in [-0.4, -0.2) is 10.9 Å². The smallest absolute Gasteiger partial charge is 0.166 e. The molecule has 1 aliphatic rings. The Morgan fingerprint density at radius 3 is 2.50 bits per heavy atom. The highest BCUT2D eigenvalue weighted by Crippen LogP contribution is 2.35. The third-order valence-electron chi connectivity index (χ3n) is 2.10. The van der Waals surface area contributed by atoms with Crippen molar-refractivity contribution in [3.63, 3.8) is 0 Å². The van der Waals surface area contributed by atoms with Gasteiger partial charge in [0, 0.05) is 12.8 Å². The summed E-state index contributed by atoms with van der Waals surface area (Å²) in [5, 5.41) is 9.46. The van der Waals surface area contributed by atoms with Gasteiger partial charge in [-0.05, 0) is 5.41 Å². The second-order valence-electron chi connectivity index (χ2n) is 4.01. The first kappa shape index (κ1) is 9.04. The molecule has 0 unspecified atom stereocenters. The number of hydrogen-bond donors (Lipinski definition) is 1. The number of carbonyl (C=O) groups excluding carboxylic acids is 1. The molecule has 0 heterocycles. The van der Waals surface area contributed by atoms with Crippen molar-refractivity contribution in [3.05, 3.63) is 24.0 Å². The van der Waals surface area contributed by atoms with Crippen molar-refractivity contribution in [2.75, 3.05) is 0 Å². The van der Waals surface area contributed by atoms with E-state index in [4.69, 9.17) is 0 Å². The van der Waals surface area contributed by atoms with Crippen LogP contribution in [0.5, 0.6) is 0 Å². The molecule has 0 fully saturated rings. The predicted octanol–water partition coefficient (Wildman–Crippen LogP) is 2.37. The van der Waals surface area contributed by atoms with E-state index in [1.807, 2.05) is 13.8 Å². The third-order valence-corrected chi connectivity index (χ3v) is 2.10. The Labute approximate surface area is 72.6 Å². The van der Waals surface area contributed by atoms with Crippen LogP contribution in [0.15, 0.2) is 24.0 Å². The molecule has 0 saturated heterocycles. The summed E-state index contributed by atoms with van der Waals surface area (Å²) in [6.07, 6.45) is 2.51. The van der Waals surface area contributed by atoms with E-state index < -0.39 is 0 Å². The molecule has 0 aromatic heterocycles. The van der Waals surface area contributed by atoms with Crippen molar-refractivity contribution in [2.24, 2.45) is 5.41 Å². The summed E-state index contributed by atoms with van der Waals surface area (Å²) in [5.74, 6) is 0.185. The van der Waals surface area contributed by atoms with E-state index in [1.54, 1.807) is 0 Å². The molecule has 12 heavy (non-hydrogen) atoms. The molecule has 1 N–H and O–H groups in total. The van der Waals surface area contributed by atoms with Gasteiger partial charge in [-0.15, -0.1) is 0 Å². The number of carbonyl (C=O) groups is 1. The van der Waals surface area contributed by atoms with Gasteiger partial charge >= 0.3 is 0 Å². The van der Waals surface area contributed by atoms with Gasteiger partial charge in [-0.2, -0.15) is 0 Å². The second kappa shape index (κ2) is 2.77. The topological polar surface area (TPSA) is 37.3 Å². The minimum Gasteiger partial charge on any atom is -0.512 e. The summed E-state index contributed by atoms with van der Waals surface area (Å²) in [6.45, 7) is 7.44. The first-order chi connectivity index (χ1) is 5.46. The van der Waals surface area contributed by atoms with Crippen LogP contribution in [0.1, 0.15) is 26.7 Å². The largest absolute Gasteiger partial charge is 0.512 e. The Morgan fingerprint density at radius 2 is 2.08 bits per heavy atom. The molecular weight excluding hydrogens is 152 g/mol. The Kier molecular flexibility index (Phi) is 2.09. The lowest BCUT2D eigenvalue weighted by Gasteiger charge is -2.28. The van der Waals surface area contributed by atoms with Gasteiger partial charge in [-0.1, -0.05) is 26.5 Å². The van der Waals surface area contributed by atoms with E-state index >= 15 is 0 Å². The molecule has 0 saturated carbocycles. The Balaban J connectivity index is 3.02. The highest BCUT2D eigenvalue weighted by Gasteiger charge is 2.31. The Bertz CT molecular complexity index is 259. The second-order valence-corrected chi connectivity index (χ2v) is 4.01. The fraction of sp³-hybridized carbons (Fsp3) is 0.500. The van der Waals surface area contributed by atoms with Crippen molar-refractivity contribution in [3.8, 4) is 0 Å².